The van der Waals surface area contributed by atoms with Gasteiger partial charge in [-0.3, -0.25) is 9.78 Å². The van der Waals surface area contributed by atoms with Crippen molar-refractivity contribution < 1.29 is 14.7 Å². The van der Waals surface area contributed by atoms with Gasteiger partial charge in [-0.05, 0) is 55.0 Å². The van der Waals surface area contributed by atoms with Gasteiger partial charge < -0.3 is 10.4 Å². The van der Waals surface area contributed by atoms with Gasteiger partial charge in [-0.1, -0.05) is 12.1 Å². The van der Waals surface area contributed by atoms with Crippen molar-refractivity contribution in [2.45, 2.75) is 32.1 Å². The van der Waals surface area contributed by atoms with Crippen molar-refractivity contribution in [1.29, 1.82) is 0 Å². The number of aryl methyl sites for hydroxylation is 2. The topological polar surface area (TPSA) is 79.3 Å². The highest BCUT2D eigenvalue weighted by Gasteiger charge is 2.12. The number of fused-ring (bicyclic) bond motifs is 1. The lowest BCUT2D eigenvalue weighted by atomic mass is 9.96. The van der Waals surface area contributed by atoms with Gasteiger partial charge >= 0.3 is 5.97 Å². The van der Waals surface area contributed by atoms with Crippen molar-refractivity contribution >= 4 is 17.6 Å². The van der Waals surface area contributed by atoms with E-state index in [2.05, 4.69) is 10.3 Å². The third kappa shape index (κ3) is 3.74. The number of carboxylic acids is 1. The van der Waals surface area contributed by atoms with E-state index in [0.29, 0.717) is 11.3 Å². The molecule has 1 aromatic carbocycles. The molecule has 0 bridgehead atoms. The molecule has 2 aromatic rings. The molecule has 0 spiro atoms. The average Bonchev–Trinajstić information content (AvgIpc) is 2.55. The Morgan fingerprint density at radius 2 is 2.00 bits per heavy atom. The van der Waals surface area contributed by atoms with Gasteiger partial charge in [0.1, 0.15) is 0 Å². The second-order valence-corrected chi connectivity index (χ2v) is 5.77. The van der Waals surface area contributed by atoms with Crippen LogP contribution in [0.5, 0.6) is 0 Å². The fourth-order valence-electron chi connectivity index (χ4n) is 2.86. The summed E-state index contributed by atoms with van der Waals surface area (Å²) in [6, 6.07) is 8.42. The lowest BCUT2D eigenvalue weighted by Gasteiger charge is -2.15. The second kappa shape index (κ2) is 6.60. The molecule has 1 heterocycles. The van der Waals surface area contributed by atoms with Crippen molar-refractivity contribution in [1.82, 2.24) is 4.98 Å². The zero-order chi connectivity index (χ0) is 16.2. The Hall–Kier alpha value is -2.69. The largest absolute Gasteiger partial charge is 0.478 e. The molecule has 0 radical (unpaired) electrons. The van der Waals surface area contributed by atoms with Crippen LogP contribution in [0.2, 0.25) is 0 Å². The van der Waals surface area contributed by atoms with Crippen LogP contribution in [0.15, 0.2) is 36.5 Å². The van der Waals surface area contributed by atoms with Gasteiger partial charge in [-0.25, -0.2) is 4.79 Å². The second-order valence-electron chi connectivity index (χ2n) is 5.77. The fourth-order valence-corrected chi connectivity index (χ4v) is 2.86. The van der Waals surface area contributed by atoms with E-state index in [4.69, 9.17) is 5.11 Å². The Kier molecular flexibility index (Phi) is 4.37. The molecule has 0 fully saturated rings. The number of nitrogens with one attached hydrogen (secondary N) is 1. The Labute approximate surface area is 134 Å². The standard InChI is InChI=1S/C18H18N2O3/c21-17(9-12-4-3-6-14(8-12)18(22)23)20-15-10-13-5-1-2-7-16(13)19-11-15/h3-4,6,8,10-11H,1-2,5,7,9H2,(H,20,21)(H,22,23). The van der Waals surface area contributed by atoms with Crippen LogP contribution < -0.4 is 5.32 Å². The molecular weight excluding hydrogens is 292 g/mol. The minimum absolute atomic E-state index is 0.137. The van der Waals surface area contributed by atoms with Crippen LogP contribution in [0.3, 0.4) is 0 Å². The summed E-state index contributed by atoms with van der Waals surface area (Å²) in [5.74, 6) is -1.17. The summed E-state index contributed by atoms with van der Waals surface area (Å²) in [6.07, 6.45) is 6.17. The van der Waals surface area contributed by atoms with Crippen LogP contribution in [-0.2, 0) is 24.1 Å². The molecule has 0 unspecified atom stereocenters. The number of amides is 1. The van der Waals surface area contributed by atoms with E-state index in [0.717, 1.165) is 25.0 Å². The van der Waals surface area contributed by atoms with Gasteiger partial charge in [0.15, 0.2) is 0 Å². The zero-order valence-electron chi connectivity index (χ0n) is 12.7. The summed E-state index contributed by atoms with van der Waals surface area (Å²) in [5.41, 5.74) is 3.90. The lowest BCUT2D eigenvalue weighted by molar-refractivity contribution is -0.115. The third-order valence-electron chi connectivity index (χ3n) is 3.99. The van der Waals surface area contributed by atoms with Crippen LogP contribution in [0.25, 0.3) is 0 Å². The van der Waals surface area contributed by atoms with Gasteiger partial charge in [0.2, 0.25) is 5.91 Å². The molecule has 1 aliphatic rings. The molecule has 23 heavy (non-hydrogen) atoms. The van der Waals surface area contributed by atoms with E-state index < -0.39 is 5.97 Å². The molecule has 0 saturated carbocycles. The SMILES string of the molecule is O=C(Cc1cccc(C(=O)O)c1)Nc1cnc2c(c1)CCCC2. The maximum Gasteiger partial charge on any atom is 0.335 e. The molecule has 118 valence electrons. The first kappa shape index (κ1) is 15.2. The van der Waals surface area contributed by atoms with Gasteiger partial charge in [0.05, 0.1) is 23.9 Å². The number of aromatic nitrogens is 1. The number of hydrogen-bond acceptors (Lipinski definition) is 3. The Morgan fingerprint density at radius 3 is 2.83 bits per heavy atom. The van der Waals surface area contributed by atoms with Crippen molar-refractivity contribution in [3.8, 4) is 0 Å². The highest BCUT2D eigenvalue weighted by Crippen LogP contribution is 2.22. The van der Waals surface area contributed by atoms with Gasteiger partial charge in [0.25, 0.3) is 0 Å². The van der Waals surface area contributed by atoms with Gasteiger partial charge in [-0.15, -0.1) is 0 Å². The molecule has 0 atom stereocenters. The molecule has 5 heteroatoms. The number of anilines is 1. The number of benzene rings is 1. The number of carbonyl (C=O) groups excluding carboxylic acids is 1. The van der Waals surface area contributed by atoms with Crippen molar-refractivity contribution in [2.24, 2.45) is 0 Å². The molecule has 0 aliphatic heterocycles. The van der Waals surface area contributed by atoms with Crippen LogP contribution in [0, 0.1) is 0 Å². The summed E-state index contributed by atoms with van der Waals surface area (Å²) in [6.45, 7) is 0. The predicted molar refractivity (Wildman–Crippen MR) is 86.6 cm³/mol. The van der Waals surface area contributed by atoms with Crippen molar-refractivity contribution in [2.75, 3.05) is 5.32 Å². The Balaban J connectivity index is 1.67. The van der Waals surface area contributed by atoms with Crippen LogP contribution >= 0.6 is 0 Å². The number of rotatable bonds is 4. The number of carboxylic acid groups (broad SMARTS) is 1. The molecule has 0 saturated heterocycles. The van der Waals surface area contributed by atoms with Crippen molar-refractivity contribution in [3.63, 3.8) is 0 Å². The minimum Gasteiger partial charge on any atom is -0.478 e. The summed E-state index contributed by atoms with van der Waals surface area (Å²) >= 11 is 0. The number of aromatic carboxylic acids is 1. The van der Waals surface area contributed by atoms with E-state index in [9.17, 15) is 9.59 Å². The van der Waals surface area contributed by atoms with E-state index in [1.807, 2.05) is 6.07 Å². The fraction of sp³-hybridized carbons (Fsp3) is 0.278. The monoisotopic (exact) mass is 310 g/mol. The average molecular weight is 310 g/mol. The highest BCUT2D eigenvalue weighted by atomic mass is 16.4. The summed E-state index contributed by atoms with van der Waals surface area (Å²) < 4.78 is 0. The normalized spacial score (nSPS) is 13.2. The molecule has 1 aromatic heterocycles. The molecule has 1 aliphatic carbocycles. The van der Waals surface area contributed by atoms with E-state index in [1.54, 1.807) is 18.3 Å². The maximum absolute atomic E-state index is 12.1. The first-order valence-electron chi connectivity index (χ1n) is 7.72. The summed E-state index contributed by atoms with van der Waals surface area (Å²) in [7, 11) is 0. The van der Waals surface area contributed by atoms with E-state index >= 15 is 0 Å². The number of carbonyl (C=O) groups is 2. The van der Waals surface area contributed by atoms with Crippen LogP contribution in [-0.4, -0.2) is 22.0 Å². The molecule has 3 rings (SSSR count). The molecule has 5 nitrogen and oxygen atoms in total. The highest BCUT2D eigenvalue weighted by molar-refractivity contribution is 5.93. The molecule has 1 amide bonds. The number of pyridine rings is 1. The molecule has 2 N–H and O–H groups in total. The number of hydrogen-bond donors (Lipinski definition) is 2. The third-order valence-corrected chi connectivity index (χ3v) is 3.99. The summed E-state index contributed by atoms with van der Waals surface area (Å²) in [5, 5.41) is 11.8. The molecular formula is C18H18N2O3. The van der Waals surface area contributed by atoms with Crippen molar-refractivity contribution in [3.05, 3.63) is 58.9 Å². The maximum atomic E-state index is 12.1. The van der Waals surface area contributed by atoms with E-state index in [-0.39, 0.29) is 17.9 Å². The Morgan fingerprint density at radius 1 is 1.17 bits per heavy atom. The Bertz CT molecular complexity index is 756. The quantitative estimate of drug-likeness (QED) is 0.910. The first-order valence-corrected chi connectivity index (χ1v) is 7.72. The first-order chi connectivity index (χ1) is 11.1. The van der Waals surface area contributed by atoms with Crippen LogP contribution in [0.4, 0.5) is 5.69 Å². The number of nitrogens with zero attached hydrogens (tertiary/aromatic N) is 1. The predicted octanol–water partition coefficient (Wildman–Crippen LogP) is 2.84. The van der Waals surface area contributed by atoms with Crippen LogP contribution in [0.1, 0.15) is 40.0 Å². The lowest BCUT2D eigenvalue weighted by Crippen LogP contribution is -2.16. The van der Waals surface area contributed by atoms with Gasteiger partial charge in [0, 0.05) is 5.69 Å². The summed E-state index contributed by atoms with van der Waals surface area (Å²) in [4.78, 5) is 27.5. The van der Waals surface area contributed by atoms with E-state index in [1.165, 1.54) is 24.1 Å². The minimum atomic E-state index is -0.994. The smallest absolute Gasteiger partial charge is 0.335 e. The zero-order valence-corrected chi connectivity index (χ0v) is 12.7. The van der Waals surface area contributed by atoms with Gasteiger partial charge in [-0.2, -0.15) is 0 Å².